The third-order valence-corrected chi connectivity index (χ3v) is 5.47. The SMILES string of the molecule is CCC1=C(Br)COC(C(=O)[C@H]2OC=C(Br)C(CC)=C2C)=C1C. The van der Waals surface area contributed by atoms with Crippen LogP contribution in [0, 0.1) is 0 Å². The lowest BCUT2D eigenvalue weighted by atomic mass is 9.93. The molecule has 0 aliphatic carbocycles. The second kappa shape index (κ2) is 7.18. The van der Waals surface area contributed by atoms with Gasteiger partial charge in [-0.05, 0) is 64.9 Å². The molecule has 0 saturated carbocycles. The van der Waals surface area contributed by atoms with Crippen LogP contribution in [-0.2, 0) is 14.3 Å². The van der Waals surface area contributed by atoms with Crippen molar-refractivity contribution >= 4 is 37.6 Å². The predicted octanol–water partition coefficient (Wildman–Crippen LogP) is 5.28. The molecule has 0 N–H and O–H groups in total. The van der Waals surface area contributed by atoms with Gasteiger partial charge in [-0.2, -0.15) is 0 Å². The van der Waals surface area contributed by atoms with Crippen molar-refractivity contribution in [2.24, 2.45) is 0 Å². The monoisotopic (exact) mass is 430 g/mol. The number of halogens is 2. The molecule has 0 radical (unpaired) electrons. The summed E-state index contributed by atoms with van der Waals surface area (Å²) < 4.78 is 13.2. The highest BCUT2D eigenvalue weighted by Crippen LogP contribution is 2.35. The van der Waals surface area contributed by atoms with Crippen LogP contribution in [-0.4, -0.2) is 18.5 Å². The molecule has 0 saturated heterocycles. The van der Waals surface area contributed by atoms with E-state index in [0.29, 0.717) is 12.4 Å². The molecule has 0 fully saturated rings. The molecule has 0 spiro atoms. The van der Waals surface area contributed by atoms with Crippen LogP contribution in [0.1, 0.15) is 40.5 Å². The van der Waals surface area contributed by atoms with Gasteiger partial charge >= 0.3 is 0 Å². The lowest BCUT2D eigenvalue weighted by Gasteiger charge is -2.27. The number of Topliss-reactive ketones (excluding diaryl/α,β-unsaturated/α-hetero) is 1. The van der Waals surface area contributed by atoms with Gasteiger partial charge < -0.3 is 9.47 Å². The van der Waals surface area contributed by atoms with E-state index in [1.807, 2.05) is 13.8 Å². The van der Waals surface area contributed by atoms with Crippen molar-refractivity contribution in [3.8, 4) is 0 Å². The quantitative estimate of drug-likeness (QED) is 0.607. The van der Waals surface area contributed by atoms with Gasteiger partial charge in [0.05, 0.1) is 10.7 Å². The van der Waals surface area contributed by atoms with Crippen LogP contribution in [0.3, 0.4) is 0 Å². The Balaban J connectivity index is 2.38. The van der Waals surface area contributed by atoms with E-state index in [4.69, 9.17) is 9.47 Å². The maximum absolute atomic E-state index is 12.9. The molecule has 5 heteroatoms. The molecule has 3 nitrogen and oxygen atoms in total. The molecular weight excluding hydrogens is 412 g/mol. The molecule has 0 amide bonds. The first-order valence-corrected chi connectivity index (χ1v) is 8.97. The van der Waals surface area contributed by atoms with E-state index in [9.17, 15) is 4.79 Å². The lowest BCUT2D eigenvalue weighted by Crippen LogP contribution is -2.31. The highest BCUT2D eigenvalue weighted by Gasteiger charge is 2.33. The second-order valence-electron chi connectivity index (χ2n) is 5.34. The van der Waals surface area contributed by atoms with Crippen molar-refractivity contribution in [2.45, 2.75) is 46.6 Å². The van der Waals surface area contributed by atoms with Gasteiger partial charge in [-0.1, -0.05) is 29.8 Å². The fraction of sp³-hybridized carbons (Fsp3) is 0.471. The Morgan fingerprint density at radius 2 is 1.86 bits per heavy atom. The van der Waals surface area contributed by atoms with Crippen LogP contribution in [0.2, 0.25) is 0 Å². The van der Waals surface area contributed by atoms with E-state index in [1.54, 1.807) is 6.26 Å². The molecule has 0 bridgehead atoms. The van der Waals surface area contributed by atoms with Crippen LogP contribution in [0.4, 0.5) is 0 Å². The normalized spacial score (nSPS) is 22.5. The van der Waals surface area contributed by atoms with Crippen molar-refractivity contribution in [1.82, 2.24) is 0 Å². The largest absolute Gasteiger partial charge is 0.484 e. The van der Waals surface area contributed by atoms with E-state index < -0.39 is 6.10 Å². The first-order chi connectivity index (χ1) is 10.4. The molecule has 2 aliphatic rings. The van der Waals surface area contributed by atoms with Gasteiger partial charge in [0, 0.05) is 4.48 Å². The molecule has 0 aromatic carbocycles. The maximum Gasteiger partial charge on any atom is 0.242 e. The molecule has 120 valence electrons. The molecule has 1 atom stereocenters. The predicted molar refractivity (Wildman–Crippen MR) is 94.8 cm³/mol. The number of allylic oxidation sites excluding steroid dienone is 4. The molecule has 2 heterocycles. The minimum atomic E-state index is -0.601. The summed E-state index contributed by atoms with van der Waals surface area (Å²) in [5.41, 5.74) is 4.09. The summed E-state index contributed by atoms with van der Waals surface area (Å²) in [6.45, 7) is 8.42. The van der Waals surface area contributed by atoms with Gasteiger partial charge in [0.25, 0.3) is 0 Å². The van der Waals surface area contributed by atoms with Gasteiger partial charge in [0.1, 0.15) is 6.61 Å². The van der Waals surface area contributed by atoms with Gasteiger partial charge in [-0.3, -0.25) is 4.79 Å². The number of carbonyl (C=O) groups excluding carboxylic acids is 1. The first-order valence-electron chi connectivity index (χ1n) is 7.39. The Kier molecular flexibility index (Phi) is 5.72. The number of rotatable bonds is 4. The van der Waals surface area contributed by atoms with Gasteiger partial charge in [0.2, 0.25) is 5.78 Å². The molecule has 0 aromatic rings. The Bertz CT molecular complexity index is 624. The fourth-order valence-electron chi connectivity index (χ4n) is 2.86. The van der Waals surface area contributed by atoms with Crippen LogP contribution >= 0.6 is 31.9 Å². The topological polar surface area (TPSA) is 35.5 Å². The number of hydrogen-bond donors (Lipinski definition) is 0. The Morgan fingerprint density at radius 1 is 1.23 bits per heavy atom. The van der Waals surface area contributed by atoms with Crippen molar-refractivity contribution in [2.75, 3.05) is 6.61 Å². The summed E-state index contributed by atoms with van der Waals surface area (Å²) >= 11 is 7.00. The highest BCUT2D eigenvalue weighted by atomic mass is 79.9. The van der Waals surface area contributed by atoms with Crippen molar-refractivity contribution in [3.05, 3.63) is 43.3 Å². The van der Waals surface area contributed by atoms with E-state index in [0.717, 1.165) is 44.1 Å². The fourth-order valence-corrected chi connectivity index (χ4v) is 4.25. The van der Waals surface area contributed by atoms with Crippen LogP contribution in [0.15, 0.2) is 43.3 Å². The van der Waals surface area contributed by atoms with Crippen LogP contribution in [0.5, 0.6) is 0 Å². The molecule has 22 heavy (non-hydrogen) atoms. The maximum atomic E-state index is 12.9. The summed E-state index contributed by atoms with van der Waals surface area (Å²) in [6, 6.07) is 0. The molecule has 2 aliphatic heterocycles. The summed E-state index contributed by atoms with van der Waals surface area (Å²) in [5.74, 6) is 0.314. The summed E-state index contributed by atoms with van der Waals surface area (Å²) in [4.78, 5) is 12.9. The molecule has 2 rings (SSSR count). The van der Waals surface area contributed by atoms with Crippen LogP contribution in [0.25, 0.3) is 0 Å². The summed E-state index contributed by atoms with van der Waals surface area (Å²) in [7, 11) is 0. The zero-order valence-electron chi connectivity index (χ0n) is 13.3. The summed E-state index contributed by atoms with van der Waals surface area (Å²) in [5, 5.41) is 0. The zero-order valence-corrected chi connectivity index (χ0v) is 16.4. The Labute approximate surface area is 148 Å². The second-order valence-corrected chi connectivity index (χ2v) is 7.15. The van der Waals surface area contributed by atoms with Gasteiger partial charge in [-0.25, -0.2) is 0 Å². The molecular formula is C17H20Br2O3. The summed E-state index contributed by atoms with van der Waals surface area (Å²) in [6.07, 6.45) is 2.72. The number of carbonyl (C=O) groups is 1. The number of ether oxygens (including phenoxy) is 2. The van der Waals surface area contributed by atoms with E-state index in [-0.39, 0.29) is 5.78 Å². The van der Waals surface area contributed by atoms with E-state index in [2.05, 4.69) is 45.7 Å². The highest BCUT2D eigenvalue weighted by molar-refractivity contribution is 9.12. The lowest BCUT2D eigenvalue weighted by molar-refractivity contribution is -0.125. The zero-order chi connectivity index (χ0) is 16.4. The van der Waals surface area contributed by atoms with Gasteiger partial charge in [0.15, 0.2) is 11.9 Å². The van der Waals surface area contributed by atoms with Crippen molar-refractivity contribution in [3.63, 3.8) is 0 Å². The minimum absolute atomic E-state index is 0.108. The third-order valence-electron chi connectivity index (χ3n) is 4.10. The standard InChI is InChI=1S/C17H20Br2O3/c1-5-11-9(3)16(21-7-13(11)18)15(20)17-10(4)12(6-2)14(19)8-22-17/h7,16H,5-6,8H2,1-4H3/t16-/m0/s1. The van der Waals surface area contributed by atoms with E-state index >= 15 is 0 Å². The van der Waals surface area contributed by atoms with Crippen LogP contribution < -0.4 is 0 Å². The molecule has 0 unspecified atom stereocenters. The first kappa shape index (κ1) is 17.5. The minimum Gasteiger partial charge on any atom is -0.484 e. The Hall–Kier alpha value is -0.810. The van der Waals surface area contributed by atoms with Crippen molar-refractivity contribution < 1.29 is 14.3 Å². The van der Waals surface area contributed by atoms with E-state index in [1.165, 1.54) is 0 Å². The Morgan fingerprint density at radius 3 is 2.45 bits per heavy atom. The smallest absolute Gasteiger partial charge is 0.242 e. The number of hydrogen-bond acceptors (Lipinski definition) is 3. The van der Waals surface area contributed by atoms with Gasteiger partial charge in [-0.15, -0.1) is 0 Å². The average molecular weight is 432 g/mol. The average Bonchev–Trinajstić information content (AvgIpc) is 2.48. The van der Waals surface area contributed by atoms with Crippen molar-refractivity contribution in [1.29, 1.82) is 0 Å². The number of ketones is 1. The molecule has 0 aromatic heterocycles. The third kappa shape index (κ3) is 3.11.